The zero-order valence-corrected chi connectivity index (χ0v) is 16.5. The van der Waals surface area contributed by atoms with Crippen LogP contribution in [0.15, 0.2) is 48.5 Å². The maximum absolute atomic E-state index is 14.2. The molecule has 0 saturated heterocycles. The Morgan fingerprint density at radius 2 is 1.67 bits per heavy atom. The number of alkyl halides is 3. The number of carbonyl (C=O) groups is 2. The summed E-state index contributed by atoms with van der Waals surface area (Å²) in [6, 6.07) is 9.32. The summed E-state index contributed by atoms with van der Waals surface area (Å²) in [5.41, 5.74) is -3.83. The highest BCUT2D eigenvalue weighted by Crippen LogP contribution is 2.40. The first-order chi connectivity index (χ1) is 14.2. The number of hydrogen-bond donors (Lipinski definition) is 2. The average molecular weight is 426 g/mol. The molecule has 10 heteroatoms. The quantitative estimate of drug-likeness (QED) is 0.657. The molecule has 0 aliphatic heterocycles. The van der Waals surface area contributed by atoms with Gasteiger partial charge in [0.1, 0.15) is 11.5 Å². The maximum Gasteiger partial charge on any atom is 0.426 e. The van der Waals surface area contributed by atoms with E-state index in [9.17, 15) is 22.8 Å². The molecule has 0 saturated carbocycles. The first-order valence-corrected chi connectivity index (χ1v) is 8.80. The Hall–Kier alpha value is -3.43. The Labute approximate surface area is 171 Å². The molecule has 0 aliphatic rings. The lowest BCUT2D eigenvalue weighted by molar-refractivity contribution is -0.213. The molecule has 162 valence electrons. The van der Waals surface area contributed by atoms with E-state index in [-0.39, 0.29) is 18.0 Å². The molecule has 0 radical (unpaired) electrons. The van der Waals surface area contributed by atoms with Crippen LogP contribution in [0.1, 0.15) is 12.5 Å². The van der Waals surface area contributed by atoms with Crippen LogP contribution < -0.4 is 20.1 Å². The molecule has 2 aromatic rings. The summed E-state index contributed by atoms with van der Waals surface area (Å²) in [6.45, 7) is 1.06. The highest BCUT2D eigenvalue weighted by Gasteiger charge is 2.64. The Kier molecular flexibility index (Phi) is 7.14. The van der Waals surface area contributed by atoms with Gasteiger partial charge in [0.15, 0.2) is 0 Å². The first kappa shape index (κ1) is 22.9. The van der Waals surface area contributed by atoms with Crippen molar-refractivity contribution in [3.05, 3.63) is 54.1 Å². The van der Waals surface area contributed by atoms with E-state index < -0.39 is 29.3 Å². The van der Waals surface area contributed by atoms with Crippen molar-refractivity contribution < 1.29 is 37.0 Å². The van der Waals surface area contributed by atoms with Crippen molar-refractivity contribution in [1.82, 2.24) is 5.32 Å². The molecule has 0 aliphatic carbocycles. The monoisotopic (exact) mass is 426 g/mol. The number of carbonyl (C=O) groups excluding carboxylic acids is 2. The fraction of sp³-hybridized carbons (Fsp3) is 0.300. The molecule has 0 heterocycles. The third-order valence-corrected chi connectivity index (χ3v) is 4.17. The molecule has 2 rings (SSSR count). The lowest BCUT2D eigenvalue weighted by Crippen LogP contribution is -2.62. The van der Waals surface area contributed by atoms with Gasteiger partial charge in [0.2, 0.25) is 0 Å². The van der Waals surface area contributed by atoms with E-state index in [4.69, 9.17) is 9.47 Å². The van der Waals surface area contributed by atoms with E-state index in [1.54, 1.807) is 5.32 Å². The van der Waals surface area contributed by atoms with Crippen molar-refractivity contribution in [3.63, 3.8) is 0 Å². The van der Waals surface area contributed by atoms with Gasteiger partial charge >= 0.3 is 18.2 Å². The SMILES string of the molecule is CCOC(=O)[C@](NC(=O)Nc1ccc(OC)cc1OC)(c1ccccc1)C(F)(F)F. The number of benzene rings is 2. The molecule has 7 nitrogen and oxygen atoms in total. The van der Waals surface area contributed by atoms with Crippen molar-refractivity contribution in [2.75, 3.05) is 26.1 Å². The number of hydrogen-bond acceptors (Lipinski definition) is 5. The molecule has 30 heavy (non-hydrogen) atoms. The van der Waals surface area contributed by atoms with Crippen molar-refractivity contribution in [2.24, 2.45) is 0 Å². The number of methoxy groups -OCH3 is 2. The fourth-order valence-corrected chi connectivity index (χ4v) is 2.74. The van der Waals surface area contributed by atoms with E-state index in [2.05, 4.69) is 10.1 Å². The van der Waals surface area contributed by atoms with Crippen molar-refractivity contribution in [2.45, 2.75) is 18.6 Å². The minimum absolute atomic E-state index is 0.0730. The van der Waals surface area contributed by atoms with Gasteiger partial charge in [-0.2, -0.15) is 13.2 Å². The summed E-state index contributed by atoms with van der Waals surface area (Å²) in [4.78, 5) is 25.0. The standard InChI is InChI=1S/C20H21F3N2O5/c1-4-30-17(26)19(20(21,22)23,13-8-6-5-7-9-13)25-18(27)24-15-11-10-14(28-2)12-16(15)29-3/h5-12H,4H2,1-3H3,(H2,24,25,27)/t19-/m1/s1. The smallest absolute Gasteiger partial charge is 0.426 e. The van der Waals surface area contributed by atoms with Crippen LogP contribution in [0.2, 0.25) is 0 Å². The summed E-state index contributed by atoms with van der Waals surface area (Å²) in [7, 11) is 2.74. The molecular formula is C20H21F3N2O5. The van der Waals surface area contributed by atoms with Crippen LogP contribution in [0.4, 0.5) is 23.7 Å². The highest BCUT2D eigenvalue weighted by molar-refractivity contribution is 5.96. The maximum atomic E-state index is 14.2. The summed E-state index contributed by atoms with van der Waals surface area (Å²) < 4.78 is 57.4. The zero-order chi connectivity index (χ0) is 22.4. The lowest BCUT2D eigenvalue weighted by Gasteiger charge is -2.34. The van der Waals surface area contributed by atoms with Gasteiger partial charge in [0.25, 0.3) is 5.54 Å². The topological polar surface area (TPSA) is 85.9 Å². The number of nitrogens with one attached hydrogen (secondary N) is 2. The number of amides is 2. The van der Waals surface area contributed by atoms with Crippen molar-refractivity contribution >= 4 is 17.7 Å². The molecule has 0 spiro atoms. The number of rotatable bonds is 7. The van der Waals surface area contributed by atoms with Crippen LogP contribution in [0.25, 0.3) is 0 Å². The predicted octanol–water partition coefficient (Wildman–Crippen LogP) is 3.85. The second-order valence-electron chi connectivity index (χ2n) is 5.98. The molecule has 0 bridgehead atoms. The van der Waals surface area contributed by atoms with E-state index in [1.807, 2.05) is 0 Å². The summed E-state index contributed by atoms with van der Waals surface area (Å²) >= 11 is 0. The van der Waals surface area contributed by atoms with Gasteiger partial charge in [0, 0.05) is 6.07 Å². The highest BCUT2D eigenvalue weighted by atomic mass is 19.4. The Balaban J connectivity index is 2.46. The second-order valence-corrected chi connectivity index (χ2v) is 5.98. The summed E-state index contributed by atoms with van der Waals surface area (Å²) in [6.07, 6.45) is -5.19. The number of anilines is 1. The average Bonchev–Trinajstić information content (AvgIpc) is 2.72. The minimum atomic E-state index is -5.19. The van der Waals surface area contributed by atoms with E-state index in [0.29, 0.717) is 5.75 Å². The van der Waals surface area contributed by atoms with Gasteiger partial charge < -0.3 is 24.8 Å². The summed E-state index contributed by atoms with van der Waals surface area (Å²) in [5, 5.41) is 4.03. The van der Waals surface area contributed by atoms with Gasteiger partial charge in [-0.25, -0.2) is 9.59 Å². The van der Waals surface area contributed by atoms with Crippen LogP contribution in [0.3, 0.4) is 0 Å². The molecular weight excluding hydrogens is 405 g/mol. The summed E-state index contributed by atoms with van der Waals surface area (Å²) in [5.74, 6) is -1.09. The van der Waals surface area contributed by atoms with Crippen molar-refractivity contribution in [1.29, 1.82) is 0 Å². The lowest BCUT2D eigenvalue weighted by atomic mass is 9.89. The first-order valence-electron chi connectivity index (χ1n) is 8.80. The Morgan fingerprint density at radius 3 is 2.20 bits per heavy atom. The Morgan fingerprint density at radius 1 is 1.00 bits per heavy atom. The normalized spacial score (nSPS) is 13.0. The van der Waals surface area contributed by atoms with Crippen LogP contribution in [-0.4, -0.2) is 39.0 Å². The van der Waals surface area contributed by atoms with Crippen LogP contribution in [0, 0.1) is 0 Å². The second kappa shape index (κ2) is 9.38. The number of halogens is 3. The van der Waals surface area contributed by atoms with Gasteiger partial charge in [-0.05, 0) is 24.6 Å². The van der Waals surface area contributed by atoms with Gasteiger partial charge in [-0.3, -0.25) is 0 Å². The number of esters is 1. The van der Waals surface area contributed by atoms with Crippen LogP contribution in [-0.2, 0) is 15.1 Å². The Bertz CT molecular complexity index is 890. The number of ether oxygens (including phenoxy) is 3. The molecule has 1 atom stereocenters. The third kappa shape index (κ3) is 4.58. The van der Waals surface area contributed by atoms with Crippen LogP contribution in [0.5, 0.6) is 11.5 Å². The van der Waals surface area contributed by atoms with E-state index in [0.717, 1.165) is 12.1 Å². The molecule has 2 amide bonds. The van der Waals surface area contributed by atoms with Gasteiger partial charge in [0.05, 0.1) is 26.5 Å². The minimum Gasteiger partial charge on any atom is -0.497 e. The third-order valence-electron chi connectivity index (χ3n) is 4.17. The van der Waals surface area contributed by atoms with E-state index in [1.165, 1.54) is 57.5 Å². The van der Waals surface area contributed by atoms with Gasteiger partial charge in [-0.15, -0.1) is 0 Å². The molecule has 2 N–H and O–H groups in total. The largest absolute Gasteiger partial charge is 0.497 e. The number of urea groups is 1. The van der Waals surface area contributed by atoms with Crippen molar-refractivity contribution in [3.8, 4) is 11.5 Å². The zero-order valence-electron chi connectivity index (χ0n) is 16.5. The molecule has 0 unspecified atom stereocenters. The molecule has 0 fully saturated rings. The van der Waals surface area contributed by atoms with Crippen LogP contribution >= 0.6 is 0 Å². The predicted molar refractivity (Wildman–Crippen MR) is 103 cm³/mol. The molecule has 2 aromatic carbocycles. The molecule has 0 aromatic heterocycles. The van der Waals surface area contributed by atoms with E-state index >= 15 is 0 Å². The van der Waals surface area contributed by atoms with Gasteiger partial charge in [-0.1, -0.05) is 30.3 Å². The fourth-order valence-electron chi connectivity index (χ4n) is 2.74.